The van der Waals surface area contributed by atoms with Crippen molar-refractivity contribution in [3.05, 3.63) is 0 Å². The molecule has 0 fully saturated rings. The van der Waals surface area contributed by atoms with E-state index < -0.39 is 0 Å². The molecule has 1 atom stereocenters. The molecule has 3 nitrogen and oxygen atoms in total. The predicted molar refractivity (Wildman–Crippen MR) is 117 cm³/mol. The minimum atomic E-state index is 0.247. The molecule has 0 amide bonds. The average Bonchev–Trinajstić information content (AvgIpc) is 2.59. The van der Waals surface area contributed by atoms with Crippen molar-refractivity contribution >= 4 is 0 Å². The zero-order valence-corrected chi connectivity index (χ0v) is 19.4. The molecule has 1 unspecified atom stereocenters. The summed E-state index contributed by atoms with van der Waals surface area (Å²) in [6.45, 7) is 17.9. The lowest BCUT2D eigenvalue weighted by Gasteiger charge is -2.19. The molecule has 0 saturated heterocycles. The Morgan fingerprint density at radius 1 is 0.481 bits per heavy atom. The van der Waals surface area contributed by atoms with Gasteiger partial charge in [0.2, 0.25) is 0 Å². The zero-order chi connectivity index (χ0) is 20.3. The lowest BCUT2D eigenvalue weighted by molar-refractivity contribution is -0.0249. The average molecular weight is 387 g/mol. The maximum Gasteiger partial charge on any atom is 0.0808 e. The van der Waals surface area contributed by atoms with E-state index in [1.165, 1.54) is 25.7 Å². The van der Waals surface area contributed by atoms with Crippen LogP contribution in [0.1, 0.15) is 99.3 Å². The first-order chi connectivity index (χ1) is 12.9. The fourth-order valence-corrected chi connectivity index (χ4v) is 3.04. The van der Waals surface area contributed by atoms with E-state index in [2.05, 4.69) is 41.5 Å². The number of unbranched alkanes of at least 4 members (excludes halogenated alkanes) is 1. The van der Waals surface area contributed by atoms with Crippen molar-refractivity contribution in [1.29, 1.82) is 0 Å². The Morgan fingerprint density at radius 3 is 1.52 bits per heavy atom. The highest BCUT2D eigenvalue weighted by Gasteiger charge is 2.10. The predicted octanol–water partition coefficient (Wildman–Crippen LogP) is 6.88. The van der Waals surface area contributed by atoms with Crippen LogP contribution in [0, 0.1) is 17.8 Å². The number of hydrogen-bond donors (Lipinski definition) is 0. The van der Waals surface area contributed by atoms with Gasteiger partial charge in [0.25, 0.3) is 0 Å². The monoisotopic (exact) mass is 386 g/mol. The highest BCUT2D eigenvalue weighted by Crippen LogP contribution is 2.11. The minimum absolute atomic E-state index is 0.247. The fourth-order valence-electron chi connectivity index (χ4n) is 3.04. The summed E-state index contributed by atoms with van der Waals surface area (Å²) in [5.41, 5.74) is 0. The molecule has 3 heteroatoms. The van der Waals surface area contributed by atoms with Crippen molar-refractivity contribution < 1.29 is 14.2 Å². The summed E-state index contributed by atoms with van der Waals surface area (Å²) in [6, 6.07) is 0. The SMILES string of the molecule is CC(C)CCCOCCCCC(COCCCC(C)C)OCCCC(C)C. The van der Waals surface area contributed by atoms with Crippen LogP contribution in [0.4, 0.5) is 0 Å². The largest absolute Gasteiger partial charge is 0.381 e. The van der Waals surface area contributed by atoms with Gasteiger partial charge in [-0.3, -0.25) is 0 Å². The summed E-state index contributed by atoms with van der Waals surface area (Å²) in [4.78, 5) is 0. The molecule has 164 valence electrons. The standard InChI is InChI=1S/C24H50O3/c1-21(2)12-9-17-25-16-8-7-15-24(27-19-11-14-23(5)6)20-26-18-10-13-22(3)4/h21-24H,7-20H2,1-6H3. The van der Waals surface area contributed by atoms with Gasteiger partial charge in [0.15, 0.2) is 0 Å². The van der Waals surface area contributed by atoms with Crippen LogP contribution in [0.5, 0.6) is 0 Å². The first kappa shape index (κ1) is 26.9. The van der Waals surface area contributed by atoms with E-state index in [-0.39, 0.29) is 6.10 Å². The molecule has 0 saturated carbocycles. The normalized spacial score (nSPS) is 13.2. The minimum Gasteiger partial charge on any atom is -0.381 e. The Hall–Kier alpha value is -0.120. The first-order valence-corrected chi connectivity index (χ1v) is 11.7. The third-order valence-electron chi connectivity index (χ3n) is 4.79. The van der Waals surface area contributed by atoms with Gasteiger partial charge in [0, 0.05) is 26.4 Å². The zero-order valence-electron chi connectivity index (χ0n) is 19.4. The molecule has 0 aromatic carbocycles. The van der Waals surface area contributed by atoms with Gasteiger partial charge in [-0.05, 0) is 75.5 Å². The van der Waals surface area contributed by atoms with E-state index in [1.54, 1.807) is 0 Å². The van der Waals surface area contributed by atoms with E-state index >= 15 is 0 Å². The van der Waals surface area contributed by atoms with Crippen molar-refractivity contribution in [2.75, 3.05) is 33.0 Å². The number of ether oxygens (including phenoxy) is 3. The topological polar surface area (TPSA) is 27.7 Å². The third kappa shape index (κ3) is 22.0. The number of hydrogen-bond acceptors (Lipinski definition) is 3. The van der Waals surface area contributed by atoms with Gasteiger partial charge in [0.1, 0.15) is 0 Å². The summed E-state index contributed by atoms with van der Waals surface area (Å²) in [7, 11) is 0. The van der Waals surface area contributed by atoms with Crippen LogP contribution < -0.4 is 0 Å². The second-order valence-corrected chi connectivity index (χ2v) is 9.28. The van der Waals surface area contributed by atoms with Crippen molar-refractivity contribution in [3.63, 3.8) is 0 Å². The Balaban J connectivity index is 3.82. The van der Waals surface area contributed by atoms with Gasteiger partial charge in [-0.2, -0.15) is 0 Å². The summed E-state index contributed by atoms with van der Waals surface area (Å²) < 4.78 is 17.8. The number of rotatable bonds is 20. The molecule has 0 aliphatic carbocycles. The summed E-state index contributed by atoms with van der Waals surface area (Å²) in [5.74, 6) is 2.30. The molecule has 0 N–H and O–H groups in total. The van der Waals surface area contributed by atoms with Gasteiger partial charge in [0.05, 0.1) is 12.7 Å². The highest BCUT2D eigenvalue weighted by atomic mass is 16.5. The summed E-state index contributed by atoms with van der Waals surface area (Å²) >= 11 is 0. The van der Waals surface area contributed by atoms with Crippen molar-refractivity contribution in [3.8, 4) is 0 Å². The van der Waals surface area contributed by atoms with Crippen LogP contribution in [-0.2, 0) is 14.2 Å². The van der Waals surface area contributed by atoms with Gasteiger partial charge in [-0.25, -0.2) is 0 Å². The van der Waals surface area contributed by atoms with Crippen LogP contribution in [0.3, 0.4) is 0 Å². The Labute approximate surface area is 170 Å². The van der Waals surface area contributed by atoms with Crippen molar-refractivity contribution in [1.82, 2.24) is 0 Å². The molecule has 27 heavy (non-hydrogen) atoms. The van der Waals surface area contributed by atoms with Crippen LogP contribution in [-0.4, -0.2) is 39.1 Å². The molecule has 0 aliphatic rings. The maximum atomic E-state index is 6.13. The molecular weight excluding hydrogens is 336 g/mol. The molecule has 0 aliphatic heterocycles. The van der Waals surface area contributed by atoms with Crippen LogP contribution >= 0.6 is 0 Å². The Morgan fingerprint density at radius 2 is 0.963 bits per heavy atom. The van der Waals surface area contributed by atoms with E-state index in [0.717, 1.165) is 82.9 Å². The van der Waals surface area contributed by atoms with E-state index in [1.807, 2.05) is 0 Å². The highest BCUT2D eigenvalue weighted by molar-refractivity contribution is 4.59. The van der Waals surface area contributed by atoms with Crippen molar-refractivity contribution in [2.45, 2.75) is 105 Å². The lowest BCUT2D eigenvalue weighted by atomic mass is 10.1. The molecule has 0 radical (unpaired) electrons. The second-order valence-electron chi connectivity index (χ2n) is 9.28. The van der Waals surface area contributed by atoms with E-state index in [4.69, 9.17) is 14.2 Å². The smallest absolute Gasteiger partial charge is 0.0808 e. The van der Waals surface area contributed by atoms with Crippen molar-refractivity contribution in [2.24, 2.45) is 17.8 Å². The molecular formula is C24H50O3. The Bertz CT molecular complexity index is 289. The molecule has 0 spiro atoms. The summed E-state index contributed by atoms with van der Waals surface area (Å²) in [5, 5.41) is 0. The van der Waals surface area contributed by atoms with Crippen LogP contribution in [0.15, 0.2) is 0 Å². The van der Waals surface area contributed by atoms with Gasteiger partial charge < -0.3 is 14.2 Å². The van der Waals surface area contributed by atoms with Crippen LogP contribution in [0.2, 0.25) is 0 Å². The molecule has 0 heterocycles. The first-order valence-electron chi connectivity index (χ1n) is 11.7. The van der Waals surface area contributed by atoms with Crippen LogP contribution in [0.25, 0.3) is 0 Å². The van der Waals surface area contributed by atoms with Gasteiger partial charge in [-0.15, -0.1) is 0 Å². The van der Waals surface area contributed by atoms with E-state index in [0.29, 0.717) is 0 Å². The van der Waals surface area contributed by atoms with Gasteiger partial charge in [-0.1, -0.05) is 41.5 Å². The molecule has 0 aromatic heterocycles. The lowest BCUT2D eigenvalue weighted by Crippen LogP contribution is -2.21. The quantitative estimate of drug-likeness (QED) is 0.213. The summed E-state index contributed by atoms with van der Waals surface area (Å²) in [6.07, 6.45) is 10.9. The molecule has 0 rings (SSSR count). The second kappa shape index (κ2) is 19.2. The van der Waals surface area contributed by atoms with Gasteiger partial charge >= 0.3 is 0 Å². The maximum absolute atomic E-state index is 6.13. The molecule has 0 aromatic rings. The Kier molecular flexibility index (Phi) is 19.1. The molecule has 0 bridgehead atoms. The third-order valence-corrected chi connectivity index (χ3v) is 4.79. The fraction of sp³-hybridized carbons (Fsp3) is 1.00. The van der Waals surface area contributed by atoms with E-state index in [9.17, 15) is 0 Å².